The normalized spacial score (nSPS) is 11.5. The fourth-order valence-corrected chi connectivity index (χ4v) is 1.88. The highest BCUT2D eigenvalue weighted by atomic mass is 16.5. The number of rotatable bonds is 5. The van der Waals surface area contributed by atoms with Crippen LogP contribution < -0.4 is 4.74 Å². The second kappa shape index (κ2) is 6.05. The van der Waals surface area contributed by atoms with Crippen LogP contribution in [0, 0.1) is 0 Å². The van der Waals surface area contributed by atoms with Crippen LogP contribution in [0.2, 0.25) is 0 Å². The first kappa shape index (κ1) is 13.1. The SMILES string of the molecule is CCC(=CCOc1ccc2ccccc2c1)C(=O)O. The van der Waals surface area contributed by atoms with Gasteiger partial charge < -0.3 is 9.84 Å². The van der Waals surface area contributed by atoms with Gasteiger partial charge in [0.05, 0.1) is 0 Å². The molecule has 3 heteroatoms. The third kappa shape index (κ3) is 3.35. The first-order valence-electron chi connectivity index (χ1n) is 6.24. The van der Waals surface area contributed by atoms with Crippen molar-refractivity contribution in [2.24, 2.45) is 0 Å². The van der Waals surface area contributed by atoms with E-state index in [0.717, 1.165) is 16.5 Å². The smallest absolute Gasteiger partial charge is 0.331 e. The first-order valence-corrected chi connectivity index (χ1v) is 6.24. The Balaban J connectivity index is 2.08. The van der Waals surface area contributed by atoms with Crippen LogP contribution >= 0.6 is 0 Å². The zero-order valence-corrected chi connectivity index (χ0v) is 10.8. The van der Waals surface area contributed by atoms with Gasteiger partial charge in [-0.2, -0.15) is 0 Å². The van der Waals surface area contributed by atoms with E-state index in [4.69, 9.17) is 9.84 Å². The van der Waals surface area contributed by atoms with E-state index in [-0.39, 0.29) is 6.61 Å². The van der Waals surface area contributed by atoms with E-state index in [1.165, 1.54) is 0 Å². The highest BCUT2D eigenvalue weighted by molar-refractivity contribution is 5.86. The highest BCUT2D eigenvalue weighted by Crippen LogP contribution is 2.20. The maximum atomic E-state index is 10.8. The summed E-state index contributed by atoms with van der Waals surface area (Å²) in [6, 6.07) is 13.9. The molecule has 0 atom stereocenters. The molecule has 0 radical (unpaired) electrons. The molecule has 0 heterocycles. The Hall–Kier alpha value is -2.29. The number of benzene rings is 2. The van der Waals surface area contributed by atoms with Gasteiger partial charge in [0, 0.05) is 5.57 Å². The van der Waals surface area contributed by atoms with Gasteiger partial charge in [0.2, 0.25) is 0 Å². The predicted molar refractivity (Wildman–Crippen MR) is 75.5 cm³/mol. The highest BCUT2D eigenvalue weighted by Gasteiger charge is 2.03. The minimum Gasteiger partial charge on any atom is -0.489 e. The second-order valence-corrected chi connectivity index (χ2v) is 4.21. The number of hydrogen-bond donors (Lipinski definition) is 1. The van der Waals surface area contributed by atoms with E-state index < -0.39 is 5.97 Å². The quantitative estimate of drug-likeness (QED) is 0.831. The summed E-state index contributed by atoms with van der Waals surface area (Å²) in [6.45, 7) is 2.09. The lowest BCUT2D eigenvalue weighted by molar-refractivity contribution is -0.132. The van der Waals surface area contributed by atoms with Crippen molar-refractivity contribution >= 4 is 16.7 Å². The number of fused-ring (bicyclic) bond motifs is 1. The van der Waals surface area contributed by atoms with Crippen LogP contribution in [0.1, 0.15) is 13.3 Å². The van der Waals surface area contributed by atoms with Crippen molar-refractivity contribution in [2.75, 3.05) is 6.61 Å². The van der Waals surface area contributed by atoms with Crippen LogP contribution in [-0.2, 0) is 4.79 Å². The van der Waals surface area contributed by atoms with E-state index in [0.29, 0.717) is 12.0 Å². The third-order valence-electron chi connectivity index (χ3n) is 2.96. The molecule has 0 aromatic heterocycles. The lowest BCUT2D eigenvalue weighted by Gasteiger charge is -2.05. The second-order valence-electron chi connectivity index (χ2n) is 4.21. The number of hydrogen-bond acceptors (Lipinski definition) is 2. The molecular weight excluding hydrogens is 240 g/mol. The molecule has 98 valence electrons. The fraction of sp³-hybridized carbons (Fsp3) is 0.188. The summed E-state index contributed by atoms with van der Waals surface area (Å²) in [6.07, 6.45) is 2.11. The van der Waals surface area contributed by atoms with E-state index in [1.54, 1.807) is 6.08 Å². The zero-order chi connectivity index (χ0) is 13.7. The minimum absolute atomic E-state index is 0.272. The lowest BCUT2D eigenvalue weighted by Crippen LogP contribution is -2.02. The monoisotopic (exact) mass is 256 g/mol. The Morgan fingerprint density at radius 1 is 1.21 bits per heavy atom. The molecule has 3 nitrogen and oxygen atoms in total. The Morgan fingerprint density at radius 2 is 1.95 bits per heavy atom. The van der Waals surface area contributed by atoms with Gasteiger partial charge in [-0.25, -0.2) is 4.79 Å². The first-order chi connectivity index (χ1) is 9.20. The number of carboxylic acids is 1. The molecule has 19 heavy (non-hydrogen) atoms. The Kier molecular flexibility index (Phi) is 4.18. The molecule has 0 amide bonds. The molecule has 0 aliphatic rings. The van der Waals surface area contributed by atoms with Crippen LogP contribution in [0.15, 0.2) is 54.1 Å². The summed E-state index contributed by atoms with van der Waals surface area (Å²) in [7, 11) is 0. The van der Waals surface area contributed by atoms with Crippen molar-refractivity contribution in [1.29, 1.82) is 0 Å². The van der Waals surface area contributed by atoms with Gasteiger partial charge in [-0.1, -0.05) is 37.3 Å². The Labute approximate surface area is 112 Å². The van der Waals surface area contributed by atoms with Gasteiger partial charge in [0.25, 0.3) is 0 Å². The molecule has 0 aliphatic carbocycles. The van der Waals surface area contributed by atoms with Crippen LogP contribution in [0.4, 0.5) is 0 Å². The van der Waals surface area contributed by atoms with Crippen molar-refractivity contribution in [3.8, 4) is 5.75 Å². The van der Waals surface area contributed by atoms with E-state index in [1.807, 2.05) is 49.4 Å². The topological polar surface area (TPSA) is 46.5 Å². The zero-order valence-electron chi connectivity index (χ0n) is 10.8. The molecule has 0 saturated carbocycles. The third-order valence-corrected chi connectivity index (χ3v) is 2.96. The molecule has 2 rings (SSSR count). The molecule has 0 aliphatic heterocycles. The molecule has 0 bridgehead atoms. The largest absolute Gasteiger partial charge is 0.489 e. The fourth-order valence-electron chi connectivity index (χ4n) is 1.88. The van der Waals surface area contributed by atoms with Gasteiger partial charge in [-0.15, -0.1) is 0 Å². The van der Waals surface area contributed by atoms with E-state index in [2.05, 4.69) is 0 Å². The van der Waals surface area contributed by atoms with Crippen LogP contribution in [0.3, 0.4) is 0 Å². The Bertz CT molecular complexity index is 614. The number of ether oxygens (including phenoxy) is 1. The maximum Gasteiger partial charge on any atom is 0.331 e. The molecule has 0 spiro atoms. The lowest BCUT2D eigenvalue weighted by atomic mass is 10.1. The number of aliphatic carboxylic acids is 1. The molecule has 0 unspecified atom stereocenters. The maximum absolute atomic E-state index is 10.8. The minimum atomic E-state index is -0.885. The van der Waals surface area contributed by atoms with E-state index >= 15 is 0 Å². The van der Waals surface area contributed by atoms with Crippen LogP contribution in [-0.4, -0.2) is 17.7 Å². The molecule has 2 aromatic rings. The van der Waals surface area contributed by atoms with Crippen LogP contribution in [0.5, 0.6) is 5.75 Å². The molecule has 1 N–H and O–H groups in total. The Morgan fingerprint density at radius 3 is 2.63 bits per heavy atom. The summed E-state index contributed by atoms with van der Waals surface area (Å²) in [5.41, 5.74) is 0.376. The van der Waals surface area contributed by atoms with Gasteiger partial charge >= 0.3 is 5.97 Å². The van der Waals surface area contributed by atoms with Crippen molar-refractivity contribution in [2.45, 2.75) is 13.3 Å². The van der Waals surface area contributed by atoms with Gasteiger partial charge in [0.1, 0.15) is 12.4 Å². The average Bonchev–Trinajstić information content (AvgIpc) is 2.43. The molecule has 0 saturated heterocycles. The van der Waals surface area contributed by atoms with Gasteiger partial charge in [0.15, 0.2) is 0 Å². The van der Waals surface area contributed by atoms with E-state index in [9.17, 15) is 4.79 Å². The number of carbonyl (C=O) groups is 1. The molecule has 0 fully saturated rings. The van der Waals surface area contributed by atoms with Crippen molar-refractivity contribution < 1.29 is 14.6 Å². The van der Waals surface area contributed by atoms with Gasteiger partial charge in [-0.3, -0.25) is 0 Å². The summed E-state index contributed by atoms with van der Waals surface area (Å²) >= 11 is 0. The summed E-state index contributed by atoms with van der Waals surface area (Å²) < 4.78 is 5.56. The molecular formula is C16H16O3. The van der Waals surface area contributed by atoms with Crippen molar-refractivity contribution in [1.82, 2.24) is 0 Å². The van der Waals surface area contributed by atoms with Crippen LogP contribution in [0.25, 0.3) is 10.8 Å². The van der Waals surface area contributed by atoms with Crippen molar-refractivity contribution in [3.05, 3.63) is 54.1 Å². The number of carboxylic acid groups (broad SMARTS) is 1. The van der Waals surface area contributed by atoms with Crippen molar-refractivity contribution in [3.63, 3.8) is 0 Å². The predicted octanol–water partition coefficient (Wildman–Crippen LogP) is 3.64. The summed E-state index contributed by atoms with van der Waals surface area (Å²) in [4.78, 5) is 10.8. The average molecular weight is 256 g/mol. The van der Waals surface area contributed by atoms with Gasteiger partial charge in [-0.05, 0) is 35.4 Å². The summed E-state index contributed by atoms with van der Waals surface area (Å²) in [5.74, 6) is -0.139. The summed E-state index contributed by atoms with van der Waals surface area (Å²) in [5, 5.41) is 11.2. The standard InChI is InChI=1S/C16H16O3/c1-2-12(16(17)18)9-10-19-15-8-7-13-5-3-4-6-14(13)11-15/h3-9,11H,2,10H2,1H3,(H,17,18). The molecule has 2 aromatic carbocycles.